The van der Waals surface area contributed by atoms with Gasteiger partial charge in [0.1, 0.15) is 0 Å². The summed E-state index contributed by atoms with van der Waals surface area (Å²) >= 11 is 0. The second kappa shape index (κ2) is 7.29. The van der Waals surface area contributed by atoms with Gasteiger partial charge in [0.2, 0.25) is 5.88 Å². The van der Waals surface area contributed by atoms with Gasteiger partial charge in [-0.2, -0.15) is 26.3 Å². The highest BCUT2D eigenvalue weighted by Crippen LogP contribution is 2.37. The molecular formula is C19H16F6N4O. The van der Waals surface area contributed by atoms with Crippen LogP contribution in [0.15, 0.2) is 42.6 Å². The van der Waals surface area contributed by atoms with Gasteiger partial charge in [-0.15, -0.1) is 10.2 Å². The molecule has 2 heterocycles. The Morgan fingerprint density at radius 3 is 2.10 bits per heavy atom. The smallest absolute Gasteiger partial charge is 0.417 e. The number of hydrogen-bond donors (Lipinski definition) is 0. The lowest BCUT2D eigenvalue weighted by atomic mass is 10.1. The van der Waals surface area contributed by atoms with Crippen LogP contribution in [0.5, 0.6) is 5.88 Å². The first-order chi connectivity index (χ1) is 13.8. The number of halogens is 6. The molecule has 0 amide bonds. The molecule has 30 heavy (non-hydrogen) atoms. The first-order valence-corrected chi connectivity index (χ1v) is 8.59. The largest absolute Gasteiger partial charge is 0.463 e. The molecule has 11 heteroatoms. The van der Waals surface area contributed by atoms with E-state index in [2.05, 4.69) is 15.2 Å². The number of nitrogens with zero attached hydrogens (tertiary/aromatic N) is 4. The van der Waals surface area contributed by atoms with Crippen LogP contribution >= 0.6 is 0 Å². The second-order valence-corrected chi connectivity index (χ2v) is 6.94. The molecule has 0 aliphatic carbocycles. The van der Waals surface area contributed by atoms with E-state index in [0.717, 1.165) is 18.2 Å². The van der Waals surface area contributed by atoms with Crippen molar-refractivity contribution in [2.75, 3.05) is 0 Å². The van der Waals surface area contributed by atoms with Crippen LogP contribution in [0, 0.1) is 0 Å². The molecule has 0 fully saturated rings. The fourth-order valence-electron chi connectivity index (χ4n) is 2.93. The Morgan fingerprint density at radius 2 is 1.53 bits per heavy atom. The van der Waals surface area contributed by atoms with Crippen LogP contribution in [0.1, 0.15) is 30.8 Å². The Labute approximate surface area is 167 Å². The molecule has 0 N–H and O–H groups in total. The normalized spacial score (nSPS) is 12.8. The van der Waals surface area contributed by atoms with Gasteiger partial charge >= 0.3 is 12.4 Å². The maximum Gasteiger partial charge on any atom is 0.417 e. The van der Waals surface area contributed by atoms with Crippen molar-refractivity contribution >= 4 is 0 Å². The van der Waals surface area contributed by atoms with E-state index in [1.54, 1.807) is 13.8 Å². The van der Waals surface area contributed by atoms with E-state index < -0.39 is 29.1 Å². The van der Waals surface area contributed by atoms with Crippen LogP contribution in [0.4, 0.5) is 26.3 Å². The summed E-state index contributed by atoms with van der Waals surface area (Å²) in [5, 5.41) is 7.83. The highest BCUT2D eigenvalue weighted by Gasteiger charge is 2.36. The predicted octanol–water partition coefficient (Wildman–Crippen LogP) is 5.23. The van der Waals surface area contributed by atoms with Crippen molar-refractivity contribution in [2.45, 2.75) is 31.8 Å². The topological polar surface area (TPSA) is 52.8 Å². The van der Waals surface area contributed by atoms with E-state index in [0.29, 0.717) is 6.20 Å². The Bertz CT molecular complexity index is 1040. The number of aromatic nitrogens is 4. The minimum absolute atomic E-state index is 0.0324. The van der Waals surface area contributed by atoms with Crippen LogP contribution in [-0.4, -0.2) is 19.7 Å². The number of pyridine rings is 1. The van der Waals surface area contributed by atoms with E-state index in [1.807, 2.05) is 0 Å². The number of ether oxygens (including phenoxy) is 1. The molecular weight excluding hydrogens is 414 g/mol. The highest BCUT2D eigenvalue weighted by molar-refractivity contribution is 5.61. The van der Waals surface area contributed by atoms with Gasteiger partial charge in [0.25, 0.3) is 0 Å². The van der Waals surface area contributed by atoms with Crippen LogP contribution in [0.2, 0.25) is 0 Å². The average molecular weight is 430 g/mol. The summed E-state index contributed by atoms with van der Waals surface area (Å²) in [6, 6.07) is 6.82. The van der Waals surface area contributed by atoms with Crippen LogP contribution < -0.4 is 4.74 Å². The van der Waals surface area contributed by atoms with Gasteiger partial charge in [-0.25, -0.2) is 4.98 Å². The highest BCUT2D eigenvalue weighted by atomic mass is 19.4. The Kier molecular flexibility index (Phi) is 5.25. The molecule has 3 aromatic rings. The molecule has 1 aromatic carbocycles. The van der Waals surface area contributed by atoms with E-state index in [9.17, 15) is 26.3 Å². The molecule has 3 rings (SSSR count). The van der Waals surface area contributed by atoms with Gasteiger partial charge in [-0.3, -0.25) is 0 Å². The van der Waals surface area contributed by atoms with Crippen LogP contribution in [-0.2, 0) is 25.0 Å². The summed E-state index contributed by atoms with van der Waals surface area (Å²) in [5.41, 5.74) is -3.21. The lowest BCUT2D eigenvalue weighted by Gasteiger charge is -2.25. The Morgan fingerprint density at radius 1 is 0.867 bits per heavy atom. The van der Waals surface area contributed by atoms with E-state index >= 15 is 0 Å². The quantitative estimate of drug-likeness (QED) is 0.532. The molecule has 0 aliphatic rings. The lowest BCUT2D eigenvalue weighted by Crippen LogP contribution is -2.29. The molecule has 0 unspecified atom stereocenters. The van der Waals surface area contributed by atoms with Gasteiger partial charge in [0, 0.05) is 24.9 Å². The molecule has 0 aliphatic heterocycles. The average Bonchev–Trinajstić information content (AvgIpc) is 3.02. The van der Waals surface area contributed by atoms with Crippen LogP contribution in [0.25, 0.3) is 11.4 Å². The number of benzene rings is 1. The van der Waals surface area contributed by atoms with Crippen molar-refractivity contribution < 1.29 is 31.1 Å². The summed E-state index contributed by atoms with van der Waals surface area (Å²) in [4.78, 5) is 3.65. The molecule has 5 nitrogen and oxygen atoms in total. The van der Waals surface area contributed by atoms with Gasteiger partial charge in [-0.1, -0.05) is 18.2 Å². The molecule has 0 spiro atoms. The maximum atomic E-state index is 13.3. The summed E-state index contributed by atoms with van der Waals surface area (Å²) in [6.07, 6.45) is -8.49. The zero-order valence-electron chi connectivity index (χ0n) is 16.0. The first-order valence-electron chi connectivity index (χ1n) is 8.59. The molecule has 0 radical (unpaired) electrons. The maximum absolute atomic E-state index is 13.3. The molecule has 0 saturated heterocycles. The molecule has 0 bridgehead atoms. The van der Waals surface area contributed by atoms with Gasteiger partial charge in [-0.05, 0) is 26.0 Å². The fourth-order valence-corrected chi connectivity index (χ4v) is 2.93. The summed E-state index contributed by atoms with van der Waals surface area (Å²) in [5.74, 6) is 0.0272. The standard InChI is InChI=1S/C19H16F6N4O/c1-17(2,30-14-9-8-11(10-26-14)18(20,21)22)16-28-27-15(29(16)3)12-6-4-5-7-13(12)19(23,24)25/h4-10H,1-3H3. The molecule has 0 saturated carbocycles. The van der Waals surface area contributed by atoms with Gasteiger partial charge < -0.3 is 9.30 Å². The fraction of sp³-hybridized carbons (Fsp3) is 0.316. The minimum Gasteiger partial charge on any atom is -0.463 e. The zero-order chi connectivity index (χ0) is 22.3. The Hall–Kier alpha value is -3.11. The summed E-state index contributed by atoms with van der Waals surface area (Å²) in [7, 11) is 1.48. The van der Waals surface area contributed by atoms with E-state index in [-0.39, 0.29) is 23.1 Å². The van der Waals surface area contributed by atoms with Gasteiger partial charge in [0.15, 0.2) is 17.2 Å². The zero-order valence-corrected chi connectivity index (χ0v) is 16.0. The third-order valence-corrected chi connectivity index (χ3v) is 4.31. The number of alkyl halides is 6. The summed E-state index contributed by atoms with van der Waals surface area (Å²) < 4.78 is 85.0. The molecule has 2 aromatic heterocycles. The first kappa shape index (κ1) is 21.6. The van der Waals surface area contributed by atoms with Crippen LogP contribution in [0.3, 0.4) is 0 Å². The third kappa shape index (κ3) is 4.24. The van der Waals surface area contributed by atoms with E-state index in [4.69, 9.17) is 4.74 Å². The second-order valence-electron chi connectivity index (χ2n) is 6.94. The van der Waals surface area contributed by atoms with Crippen molar-refractivity contribution in [3.63, 3.8) is 0 Å². The molecule has 160 valence electrons. The lowest BCUT2D eigenvalue weighted by molar-refractivity contribution is -0.138. The van der Waals surface area contributed by atoms with Crippen molar-refractivity contribution in [1.29, 1.82) is 0 Å². The van der Waals surface area contributed by atoms with Gasteiger partial charge in [0.05, 0.1) is 11.1 Å². The number of rotatable bonds is 4. The minimum atomic E-state index is -4.58. The monoisotopic (exact) mass is 430 g/mol. The Balaban J connectivity index is 1.94. The third-order valence-electron chi connectivity index (χ3n) is 4.31. The number of hydrogen-bond acceptors (Lipinski definition) is 4. The SMILES string of the molecule is Cn1c(-c2ccccc2C(F)(F)F)nnc1C(C)(C)Oc1ccc(C(F)(F)F)cn1. The van der Waals surface area contributed by atoms with E-state index in [1.165, 1.54) is 29.8 Å². The van der Waals surface area contributed by atoms with Crippen molar-refractivity contribution in [1.82, 2.24) is 19.7 Å². The summed E-state index contributed by atoms with van der Waals surface area (Å²) in [6.45, 7) is 3.10. The van der Waals surface area contributed by atoms with Crippen molar-refractivity contribution in [3.05, 3.63) is 59.5 Å². The predicted molar refractivity (Wildman–Crippen MR) is 94.3 cm³/mol. The molecule has 0 atom stereocenters. The van der Waals surface area contributed by atoms with Crippen molar-refractivity contribution in [2.24, 2.45) is 7.05 Å². The van der Waals surface area contributed by atoms with Crippen molar-refractivity contribution in [3.8, 4) is 17.3 Å².